The van der Waals surface area contributed by atoms with E-state index in [1.807, 2.05) is 7.05 Å². The monoisotopic (exact) mass is 313 g/mol. The number of hydrogen-bond donors (Lipinski definition) is 0. The number of hydrogen-bond acceptors (Lipinski definition) is 7. The van der Waals surface area contributed by atoms with Crippen LogP contribution < -0.4 is 0 Å². The van der Waals surface area contributed by atoms with Crippen LogP contribution in [0.5, 0.6) is 0 Å². The number of fused-ring (bicyclic) bond motifs is 3. The lowest BCUT2D eigenvalue weighted by molar-refractivity contribution is -0.385. The molecular weight excluding hydrogens is 302 g/mol. The smallest absolute Gasteiger partial charge is 0.265 e. The minimum absolute atomic E-state index is 0.0331. The van der Waals surface area contributed by atoms with Gasteiger partial charge in [-0.05, 0) is 0 Å². The van der Waals surface area contributed by atoms with E-state index in [9.17, 15) is 10.1 Å². The molecule has 0 unspecified atom stereocenters. The van der Waals surface area contributed by atoms with Crippen LogP contribution >= 0.6 is 0 Å². The third-order valence-electron chi connectivity index (χ3n) is 3.51. The first-order valence-electron chi connectivity index (χ1n) is 6.80. The molecular formula is C12H11N9O2. The van der Waals surface area contributed by atoms with Gasteiger partial charge in [0.25, 0.3) is 0 Å². The summed E-state index contributed by atoms with van der Waals surface area (Å²) < 4.78 is 4.78. The molecule has 0 bridgehead atoms. The first-order valence-corrected chi connectivity index (χ1v) is 6.80. The van der Waals surface area contributed by atoms with Crippen molar-refractivity contribution < 1.29 is 4.92 Å². The largest absolute Gasteiger partial charge is 0.306 e. The summed E-state index contributed by atoms with van der Waals surface area (Å²) in [6.45, 7) is 0.453. The van der Waals surface area contributed by atoms with Crippen LogP contribution in [0.3, 0.4) is 0 Å². The van der Waals surface area contributed by atoms with Gasteiger partial charge in [0, 0.05) is 20.0 Å². The van der Waals surface area contributed by atoms with Crippen molar-refractivity contribution in [3.8, 4) is 0 Å². The van der Waals surface area contributed by atoms with Crippen molar-refractivity contribution >= 4 is 22.4 Å². The summed E-state index contributed by atoms with van der Waals surface area (Å²) in [5.74, 6) is 0.612. The van der Waals surface area contributed by atoms with Crippen LogP contribution in [0.15, 0.2) is 24.9 Å². The van der Waals surface area contributed by atoms with E-state index in [-0.39, 0.29) is 5.69 Å². The van der Waals surface area contributed by atoms with Gasteiger partial charge in [0.15, 0.2) is 17.1 Å². The number of aryl methyl sites for hydroxylation is 3. The van der Waals surface area contributed by atoms with Crippen LogP contribution in [0.4, 0.5) is 5.69 Å². The number of nitro groups is 1. The zero-order valence-electron chi connectivity index (χ0n) is 12.1. The van der Waals surface area contributed by atoms with Gasteiger partial charge in [-0.25, -0.2) is 14.5 Å². The molecule has 0 amide bonds. The van der Waals surface area contributed by atoms with Gasteiger partial charge in [0.05, 0.1) is 16.5 Å². The maximum Gasteiger partial charge on any atom is 0.306 e. The predicted molar refractivity (Wildman–Crippen MR) is 77.6 cm³/mol. The third-order valence-corrected chi connectivity index (χ3v) is 3.51. The molecule has 11 heteroatoms. The van der Waals surface area contributed by atoms with Crippen molar-refractivity contribution in [1.82, 2.24) is 39.1 Å². The van der Waals surface area contributed by atoms with Gasteiger partial charge >= 0.3 is 5.69 Å². The average Bonchev–Trinajstić information content (AvgIpc) is 3.22. The van der Waals surface area contributed by atoms with E-state index in [1.54, 1.807) is 21.7 Å². The fourth-order valence-electron chi connectivity index (χ4n) is 2.37. The number of aromatic nitrogens is 8. The molecule has 0 fully saturated rings. The Bertz CT molecular complexity index is 1030. The lowest BCUT2D eigenvalue weighted by atomic mass is 10.4. The molecule has 0 aliphatic carbocycles. The maximum atomic E-state index is 10.6. The second-order valence-corrected chi connectivity index (χ2v) is 5.01. The predicted octanol–water partition coefficient (Wildman–Crippen LogP) is 0.358. The van der Waals surface area contributed by atoms with Crippen molar-refractivity contribution in [2.45, 2.75) is 13.0 Å². The molecule has 116 valence electrons. The van der Waals surface area contributed by atoms with E-state index in [0.29, 0.717) is 24.4 Å². The van der Waals surface area contributed by atoms with Crippen LogP contribution in [0.1, 0.15) is 5.82 Å². The standard InChI is InChI=1S/C12H11N9O2/c1-18-11-9(5-14-18)12-16-10(17-20(12)7-13-11)2-3-19-6-8(4-15-19)21(22)23/h4-7H,2-3H2,1H3. The molecule has 0 saturated heterocycles. The van der Waals surface area contributed by atoms with Crippen molar-refractivity contribution in [2.24, 2.45) is 7.05 Å². The molecule has 4 heterocycles. The topological polar surface area (TPSA) is 122 Å². The molecule has 0 atom stereocenters. The highest BCUT2D eigenvalue weighted by atomic mass is 16.6. The van der Waals surface area contributed by atoms with Gasteiger partial charge in [-0.1, -0.05) is 0 Å². The first kappa shape index (κ1) is 13.3. The summed E-state index contributed by atoms with van der Waals surface area (Å²) in [4.78, 5) is 19.0. The number of nitrogens with zero attached hydrogens (tertiary/aromatic N) is 9. The summed E-state index contributed by atoms with van der Waals surface area (Å²) in [6.07, 6.45) is 6.40. The van der Waals surface area contributed by atoms with Crippen LogP contribution in [0, 0.1) is 10.1 Å². The molecule has 4 rings (SSSR count). The fourth-order valence-corrected chi connectivity index (χ4v) is 2.37. The average molecular weight is 313 g/mol. The molecule has 0 spiro atoms. The molecule has 0 saturated carbocycles. The molecule has 0 aliphatic rings. The van der Waals surface area contributed by atoms with E-state index in [4.69, 9.17) is 0 Å². The van der Waals surface area contributed by atoms with Crippen LogP contribution in [0.2, 0.25) is 0 Å². The lowest BCUT2D eigenvalue weighted by Gasteiger charge is -1.95. The van der Waals surface area contributed by atoms with Crippen molar-refractivity contribution in [3.05, 3.63) is 40.9 Å². The first-order chi connectivity index (χ1) is 11.1. The Morgan fingerprint density at radius 2 is 2.13 bits per heavy atom. The van der Waals surface area contributed by atoms with Gasteiger partial charge in [0.2, 0.25) is 0 Å². The zero-order chi connectivity index (χ0) is 16.0. The Morgan fingerprint density at radius 3 is 2.91 bits per heavy atom. The fraction of sp³-hybridized carbons (Fsp3) is 0.250. The van der Waals surface area contributed by atoms with Crippen molar-refractivity contribution in [1.29, 1.82) is 0 Å². The maximum absolute atomic E-state index is 10.6. The second kappa shape index (κ2) is 4.83. The van der Waals surface area contributed by atoms with Crippen LogP contribution in [0.25, 0.3) is 16.7 Å². The quantitative estimate of drug-likeness (QED) is 0.393. The summed E-state index contributed by atoms with van der Waals surface area (Å²) in [5, 5.41) is 23.9. The lowest BCUT2D eigenvalue weighted by Crippen LogP contribution is -2.03. The summed E-state index contributed by atoms with van der Waals surface area (Å²) in [6, 6.07) is 0. The molecule has 23 heavy (non-hydrogen) atoms. The van der Waals surface area contributed by atoms with Crippen molar-refractivity contribution in [2.75, 3.05) is 0 Å². The highest BCUT2D eigenvalue weighted by molar-refractivity contribution is 5.88. The molecule has 0 aliphatic heterocycles. The molecule has 0 radical (unpaired) electrons. The zero-order valence-corrected chi connectivity index (χ0v) is 12.1. The summed E-state index contributed by atoms with van der Waals surface area (Å²) in [7, 11) is 1.81. The van der Waals surface area contributed by atoms with E-state index < -0.39 is 4.92 Å². The van der Waals surface area contributed by atoms with Gasteiger partial charge in [-0.15, -0.1) is 5.10 Å². The molecule has 0 N–H and O–H groups in total. The summed E-state index contributed by atoms with van der Waals surface area (Å²) in [5.41, 5.74) is 1.39. The van der Waals surface area contributed by atoms with E-state index >= 15 is 0 Å². The number of rotatable bonds is 4. The Labute approximate surface area is 128 Å². The minimum atomic E-state index is -0.475. The molecule has 11 nitrogen and oxygen atoms in total. The van der Waals surface area contributed by atoms with Gasteiger partial charge in [0.1, 0.15) is 18.7 Å². The van der Waals surface area contributed by atoms with Gasteiger partial charge < -0.3 is 0 Å². The van der Waals surface area contributed by atoms with E-state index in [1.165, 1.54) is 17.1 Å². The summed E-state index contributed by atoms with van der Waals surface area (Å²) >= 11 is 0. The van der Waals surface area contributed by atoms with Gasteiger partial charge in [-0.3, -0.25) is 19.5 Å². The molecule has 4 aromatic heterocycles. The highest BCUT2D eigenvalue weighted by Crippen LogP contribution is 2.15. The van der Waals surface area contributed by atoms with Gasteiger partial charge in [-0.2, -0.15) is 10.2 Å². The Morgan fingerprint density at radius 1 is 1.26 bits per heavy atom. The molecule has 4 aromatic rings. The molecule has 0 aromatic carbocycles. The van der Waals surface area contributed by atoms with E-state index in [0.717, 1.165) is 11.0 Å². The Balaban J connectivity index is 1.61. The highest BCUT2D eigenvalue weighted by Gasteiger charge is 2.12. The SMILES string of the molecule is Cn1ncc2c1ncn1nc(CCn3cc([N+](=O)[O-])cn3)nc21. The Hall–Kier alpha value is -3.37. The third kappa shape index (κ3) is 2.18. The van der Waals surface area contributed by atoms with Crippen molar-refractivity contribution in [3.63, 3.8) is 0 Å². The van der Waals surface area contributed by atoms with Crippen LogP contribution in [-0.2, 0) is 20.0 Å². The minimum Gasteiger partial charge on any atom is -0.265 e. The van der Waals surface area contributed by atoms with Crippen LogP contribution in [-0.4, -0.2) is 44.1 Å². The van der Waals surface area contributed by atoms with E-state index in [2.05, 4.69) is 25.3 Å². The Kier molecular flexibility index (Phi) is 2.79. The normalized spacial score (nSPS) is 11.5. The second-order valence-electron chi connectivity index (χ2n) is 5.01.